The SMILES string of the molecule is Cc1ccc(Cl)c(OC(=O)N(C)CC#N)c1. The van der Waals surface area contributed by atoms with Gasteiger partial charge in [0, 0.05) is 7.05 Å². The van der Waals surface area contributed by atoms with Gasteiger partial charge in [0.2, 0.25) is 0 Å². The number of nitrogens with zero attached hydrogens (tertiary/aromatic N) is 2. The largest absolute Gasteiger partial charge is 0.415 e. The molecule has 0 bridgehead atoms. The first-order chi connectivity index (χ1) is 7.54. The van der Waals surface area contributed by atoms with Gasteiger partial charge < -0.3 is 4.74 Å². The number of hydrogen-bond acceptors (Lipinski definition) is 3. The normalized spacial score (nSPS) is 9.38. The number of aryl methyl sites for hydroxylation is 1. The molecule has 1 amide bonds. The number of hydrogen-bond donors (Lipinski definition) is 0. The first-order valence-corrected chi connectivity index (χ1v) is 4.98. The minimum absolute atomic E-state index is 0.0255. The molecule has 0 heterocycles. The Hall–Kier alpha value is -1.73. The molecule has 0 aliphatic carbocycles. The highest BCUT2D eigenvalue weighted by atomic mass is 35.5. The first kappa shape index (κ1) is 12.3. The Morgan fingerprint density at radius 1 is 1.62 bits per heavy atom. The van der Waals surface area contributed by atoms with Crippen molar-refractivity contribution in [1.29, 1.82) is 5.26 Å². The lowest BCUT2D eigenvalue weighted by Crippen LogP contribution is -2.30. The first-order valence-electron chi connectivity index (χ1n) is 4.60. The number of nitriles is 1. The summed E-state index contributed by atoms with van der Waals surface area (Å²) in [6, 6.07) is 6.99. The van der Waals surface area contributed by atoms with E-state index >= 15 is 0 Å². The summed E-state index contributed by atoms with van der Waals surface area (Å²) in [7, 11) is 1.48. The summed E-state index contributed by atoms with van der Waals surface area (Å²) in [4.78, 5) is 12.6. The third-order valence-corrected chi connectivity index (χ3v) is 2.22. The number of benzene rings is 1. The van der Waals surface area contributed by atoms with Gasteiger partial charge in [-0.15, -0.1) is 0 Å². The van der Waals surface area contributed by atoms with Crippen LogP contribution >= 0.6 is 11.6 Å². The number of amides is 1. The Bertz CT molecular complexity index is 440. The molecule has 1 aromatic rings. The van der Waals surface area contributed by atoms with Crippen molar-refractivity contribution in [1.82, 2.24) is 4.90 Å². The molecule has 0 N–H and O–H groups in total. The molecule has 5 heteroatoms. The fraction of sp³-hybridized carbons (Fsp3) is 0.273. The van der Waals surface area contributed by atoms with Crippen LogP contribution in [-0.2, 0) is 0 Å². The van der Waals surface area contributed by atoms with Crippen molar-refractivity contribution in [2.75, 3.05) is 13.6 Å². The van der Waals surface area contributed by atoms with E-state index in [0.29, 0.717) is 10.8 Å². The molecular weight excluding hydrogens is 228 g/mol. The van der Waals surface area contributed by atoms with E-state index in [9.17, 15) is 4.79 Å². The molecule has 0 radical (unpaired) electrons. The van der Waals surface area contributed by atoms with Crippen LogP contribution in [0.25, 0.3) is 0 Å². The lowest BCUT2D eigenvalue weighted by Gasteiger charge is -2.13. The highest BCUT2D eigenvalue weighted by Crippen LogP contribution is 2.25. The minimum Gasteiger partial charge on any atom is -0.409 e. The molecule has 0 atom stereocenters. The third-order valence-electron chi connectivity index (χ3n) is 1.90. The Morgan fingerprint density at radius 2 is 2.31 bits per heavy atom. The molecule has 1 rings (SSSR count). The molecule has 0 aromatic heterocycles. The van der Waals surface area contributed by atoms with Gasteiger partial charge >= 0.3 is 6.09 Å². The van der Waals surface area contributed by atoms with Crippen LogP contribution in [0.15, 0.2) is 18.2 Å². The van der Waals surface area contributed by atoms with Gasteiger partial charge in [-0.05, 0) is 24.6 Å². The van der Waals surface area contributed by atoms with Crippen molar-refractivity contribution in [2.24, 2.45) is 0 Å². The maximum absolute atomic E-state index is 11.5. The summed E-state index contributed by atoms with van der Waals surface area (Å²) < 4.78 is 5.04. The van der Waals surface area contributed by atoms with Gasteiger partial charge in [-0.3, -0.25) is 4.90 Å². The highest BCUT2D eigenvalue weighted by Gasteiger charge is 2.12. The predicted octanol–water partition coefficient (Wildman–Crippen LogP) is 2.60. The molecule has 0 fully saturated rings. The van der Waals surface area contributed by atoms with E-state index in [2.05, 4.69) is 0 Å². The minimum atomic E-state index is -0.603. The van der Waals surface area contributed by atoms with Crippen LogP contribution in [-0.4, -0.2) is 24.6 Å². The zero-order valence-electron chi connectivity index (χ0n) is 9.03. The van der Waals surface area contributed by atoms with E-state index in [4.69, 9.17) is 21.6 Å². The topological polar surface area (TPSA) is 53.3 Å². The summed E-state index contributed by atoms with van der Waals surface area (Å²) in [5, 5.41) is 8.79. The van der Waals surface area contributed by atoms with Gasteiger partial charge in [0.1, 0.15) is 6.54 Å². The number of halogens is 1. The monoisotopic (exact) mass is 238 g/mol. The Kier molecular flexibility index (Phi) is 4.15. The smallest absolute Gasteiger partial charge is 0.409 e. The van der Waals surface area contributed by atoms with Gasteiger partial charge in [-0.25, -0.2) is 4.79 Å². The maximum Gasteiger partial charge on any atom is 0.415 e. The molecule has 0 unspecified atom stereocenters. The van der Waals surface area contributed by atoms with E-state index in [1.165, 1.54) is 11.9 Å². The molecule has 0 aliphatic rings. The third kappa shape index (κ3) is 3.14. The van der Waals surface area contributed by atoms with Crippen LogP contribution < -0.4 is 4.74 Å². The lowest BCUT2D eigenvalue weighted by molar-refractivity contribution is 0.168. The zero-order valence-corrected chi connectivity index (χ0v) is 9.78. The van der Waals surface area contributed by atoms with Crippen molar-refractivity contribution in [3.63, 3.8) is 0 Å². The second kappa shape index (κ2) is 5.38. The predicted molar refractivity (Wildman–Crippen MR) is 60.5 cm³/mol. The standard InChI is InChI=1S/C11H11ClN2O2/c1-8-3-4-9(12)10(7-8)16-11(15)14(2)6-5-13/h3-4,7H,6H2,1-2H3. The van der Waals surface area contributed by atoms with Gasteiger partial charge in [-0.1, -0.05) is 17.7 Å². The van der Waals surface area contributed by atoms with Gasteiger partial charge in [0.15, 0.2) is 5.75 Å². The molecule has 0 saturated carbocycles. The Balaban J connectivity index is 2.77. The fourth-order valence-electron chi connectivity index (χ4n) is 1.03. The van der Waals surface area contributed by atoms with E-state index in [1.54, 1.807) is 12.1 Å². The Morgan fingerprint density at radius 3 is 2.94 bits per heavy atom. The van der Waals surface area contributed by atoms with E-state index in [-0.39, 0.29) is 6.54 Å². The molecule has 4 nitrogen and oxygen atoms in total. The van der Waals surface area contributed by atoms with E-state index < -0.39 is 6.09 Å². The van der Waals surface area contributed by atoms with Crippen LogP contribution in [0.3, 0.4) is 0 Å². The molecule has 0 spiro atoms. The van der Waals surface area contributed by atoms with Crippen LogP contribution in [0.4, 0.5) is 4.79 Å². The molecule has 0 saturated heterocycles. The molecule has 16 heavy (non-hydrogen) atoms. The van der Waals surface area contributed by atoms with Crippen molar-refractivity contribution < 1.29 is 9.53 Å². The quantitative estimate of drug-likeness (QED) is 0.745. The lowest BCUT2D eigenvalue weighted by atomic mass is 10.2. The van der Waals surface area contributed by atoms with E-state index in [0.717, 1.165) is 5.56 Å². The summed E-state index contributed by atoms with van der Waals surface area (Å²) in [6.45, 7) is 1.84. The molecule has 1 aromatic carbocycles. The average molecular weight is 239 g/mol. The summed E-state index contributed by atoms with van der Waals surface area (Å²) in [6.07, 6.45) is -0.603. The van der Waals surface area contributed by atoms with Gasteiger partial charge in [0.05, 0.1) is 11.1 Å². The average Bonchev–Trinajstić information content (AvgIpc) is 2.23. The number of carbonyl (C=O) groups excluding carboxylic acids is 1. The number of rotatable bonds is 2. The molecule has 84 valence electrons. The van der Waals surface area contributed by atoms with Crippen LogP contribution in [0, 0.1) is 18.3 Å². The van der Waals surface area contributed by atoms with Gasteiger partial charge in [-0.2, -0.15) is 5.26 Å². The second-order valence-electron chi connectivity index (χ2n) is 3.32. The number of ether oxygens (including phenoxy) is 1. The maximum atomic E-state index is 11.5. The Labute approximate surface area is 99.0 Å². The van der Waals surface area contributed by atoms with Crippen molar-refractivity contribution in [3.8, 4) is 11.8 Å². The summed E-state index contributed by atoms with van der Waals surface area (Å²) in [5.74, 6) is 0.302. The van der Waals surface area contributed by atoms with Gasteiger partial charge in [0.25, 0.3) is 0 Å². The molecular formula is C11H11ClN2O2. The summed E-state index contributed by atoms with van der Waals surface area (Å²) in [5.41, 5.74) is 0.940. The second-order valence-corrected chi connectivity index (χ2v) is 3.72. The van der Waals surface area contributed by atoms with Crippen LogP contribution in [0.1, 0.15) is 5.56 Å². The fourth-order valence-corrected chi connectivity index (χ4v) is 1.19. The van der Waals surface area contributed by atoms with Crippen molar-refractivity contribution in [2.45, 2.75) is 6.92 Å². The van der Waals surface area contributed by atoms with Crippen molar-refractivity contribution >= 4 is 17.7 Å². The number of carbonyl (C=O) groups is 1. The van der Waals surface area contributed by atoms with E-state index in [1.807, 2.05) is 19.1 Å². The summed E-state index contributed by atoms with van der Waals surface area (Å²) >= 11 is 5.86. The van der Waals surface area contributed by atoms with Crippen LogP contribution in [0.5, 0.6) is 5.75 Å². The van der Waals surface area contributed by atoms with Crippen LogP contribution in [0.2, 0.25) is 5.02 Å². The highest BCUT2D eigenvalue weighted by molar-refractivity contribution is 6.32. The zero-order chi connectivity index (χ0) is 12.1. The molecule has 0 aliphatic heterocycles. The van der Waals surface area contributed by atoms with Crippen molar-refractivity contribution in [3.05, 3.63) is 28.8 Å².